The van der Waals surface area contributed by atoms with Crippen LogP contribution in [0.25, 0.3) is 0 Å². The van der Waals surface area contributed by atoms with Crippen molar-refractivity contribution in [2.45, 2.75) is 18.9 Å². The summed E-state index contributed by atoms with van der Waals surface area (Å²) in [7, 11) is 4.60. The molecule has 1 aliphatic rings. The van der Waals surface area contributed by atoms with Gasteiger partial charge in [-0.3, -0.25) is 9.59 Å². The Hall–Kier alpha value is -4.60. The monoisotopic (exact) mass is 521 g/mol. The lowest BCUT2D eigenvalue weighted by Gasteiger charge is -2.22. The zero-order chi connectivity index (χ0) is 27.2. The molecule has 1 saturated heterocycles. The van der Waals surface area contributed by atoms with E-state index in [1.54, 1.807) is 43.5 Å². The Morgan fingerprint density at radius 2 is 1.58 bits per heavy atom. The normalized spacial score (nSPS) is 15.0. The van der Waals surface area contributed by atoms with Crippen molar-refractivity contribution in [3.05, 3.63) is 78.1 Å². The van der Waals surface area contributed by atoms with Gasteiger partial charge >= 0.3 is 6.03 Å². The SMILES string of the molecule is COc1ccc(N2C(=O)[C@H](CC(=O)Nc3ccc(F)cc3)N(CCc3ccc(OC)c(OC)c3)C2=O)cc1. The lowest BCUT2D eigenvalue weighted by molar-refractivity contribution is -0.124. The molecule has 10 heteroatoms. The molecule has 1 aliphatic heterocycles. The molecule has 0 saturated carbocycles. The summed E-state index contributed by atoms with van der Waals surface area (Å²) in [5, 5.41) is 2.66. The second-order valence-electron chi connectivity index (χ2n) is 8.56. The largest absolute Gasteiger partial charge is 0.497 e. The van der Waals surface area contributed by atoms with E-state index >= 15 is 0 Å². The standard InChI is InChI=1S/C28H28FN3O6/c1-36-22-11-9-21(10-12-22)32-27(34)23(17-26(33)30-20-7-5-19(29)6-8-20)31(28(32)35)15-14-18-4-13-24(37-2)25(16-18)38-3/h4-13,16,23H,14-15,17H2,1-3H3,(H,30,33)/t23-/m0/s1. The molecule has 1 heterocycles. The Bertz CT molecular complexity index is 1310. The van der Waals surface area contributed by atoms with Gasteiger partial charge in [0.15, 0.2) is 11.5 Å². The number of hydrogen-bond acceptors (Lipinski definition) is 6. The van der Waals surface area contributed by atoms with Crippen LogP contribution < -0.4 is 24.4 Å². The molecule has 0 bridgehead atoms. The van der Waals surface area contributed by atoms with Crippen LogP contribution in [0.3, 0.4) is 0 Å². The summed E-state index contributed by atoms with van der Waals surface area (Å²) in [5.41, 5.74) is 1.62. The number of carbonyl (C=O) groups is 3. The van der Waals surface area contributed by atoms with E-state index in [0.717, 1.165) is 10.5 Å². The summed E-state index contributed by atoms with van der Waals surface area (Å²) in [6.45, 7) is 0.182. The van der Waals surface area contributed by atoms with Crippen LogP contribution in [0, 0.1) is 5.82 Å². The molecule has 1 N–H and O–H groups in total. The first-order valence-electron chi connectivity index (χ1n) is 11.9. The van der Waals surface area contributed by atoms with Gasteiger partial charge in [-0.15, -0.1) is 0 Å². The number of ether oxygens (including phenoxy) is 3. The first-order chi connectivity index (χ1) is 18.3. The number of methoxy groups -OCH3 is 3. The summed E-state index contributed by atoms with van der Waals surface area (Å²) >= 11 is 0. The van der Waals surface area contributed by atoms with E-state index in [1.165, 1.54) is 43.4 Å². The van der Waals surface area contributed by atoms with Gasteiger partial charge < -0.3 is 24.4 Å². The summed E-state index contributed by atoms with van der Waals surface area (Å²) in [6.07, 6.45) is 0.145. The Kier molecular flexibility index (Phi) is 8.10. The third-order valence-electron chi connectivity index (χ3n) is 6.25. The van der Waals surface area contributed by atoms with E-state index in [9.17, 15) is 18.8 Å². The average Bonchev–Trinajstić information content (AvgIpc) is 3.16. The molecule has 9 nitrogen and oxygen atoms in total. The second-order valence-corrected chi connectivity index (χ2v) is 8.56. The maximum atomic E-state index is 13.5. The number of carbonyl (C=O) groups excluding carboxylic acids is 3. The van der Waals surface area contributed by atoms with Gasteiger partial charge in [0.25, 0.3) is 5.91 Å². The summed E-state index contributed by atoms with van der Waals surface area (Å²) in [6, 6.07) is 15.7. The van der Waals surface area contributed by atoms with Gasteiger partial charge in [0.05, 0.1) is 33.4 Å². The summed E-state index contributed by atoms with van der Waals surface area (Å²) in [5.74, 6) is 0.273. The maximum absolute atomic E-state index is 13.5. The molecule has 0 aromatic heterocycles. The number of anilines is 2. The number of rotatable bonds is 10. The minimum atomic E-state index is -1.02. The number of hydrogen-bond donors (Lipinski definition) is 1. The molecule has 0 aliphatic carbocycles. The topological polar surface area (TPSA) is 97.4 Å². The van der Waals surface area contributed by atoms with Crippen molar-refractivity contribution >= 4 is 29.2 Å². The second kappa shape index (κ2) is 11.6. The fourth-order valence-electron chi connectivity index (χ4n) is 4.26. The number of benzene rings is 3. The molecule has 3 aromatic carbocycles. The minimum absolute atomic E-state index is 0.182. The average molecular weight is 522 g/mol. The van der Waals surface area contributed by atoms with Gasteiger partial charge in [-0.25, -0.2) is 14.1 Å². The fourth-order valence-corrected chi connectivity index (χ4v) is 4.26. The van der Waals surface area contributed by atoms with Crippen molar-refractivity contribution in [1.29, 1.82) is 0 Å². The summed E-state index contributed by atoms with van der Waals surface area (Å²) < 4.78 is 29.1. The predicted molar refractivity (Wildman–Crippen MR) is 139 cm³/mol. The molecule has 4 amide bonds. The van der Waals surface area contributed by atoms with Crippen molar-refractivity contribution in [2.24, 2.45) is 0 Å². The van der Waals surface area contributed by atoms with Crippen LogP contribution in [0.2, 0.25) is 0 Å². The summed E-state index contributed by atoms with van der Waals surface area (Å²) in [4.78, 5) is 42.3. The molecule has 3 aromatic rings. The van der Waals surface area contributed by atoms with Crippen molar-refractivity contribution in [2.75, 3.05) is 38.1 Å². The Labute approximate surface area is 219 Å². The van der Waals surface area contributed by atoms with Gasteiger partial charge in [-0.1, -0.05) is 6.07 Å². The smallest absolute Gasteiger partial charge is 0.332 e. The van der Waals surface area contributed by atoms with Crippen molar-refractivity contribution in [3.8, 4) is 17.2 Å². The Morgan fingerprint density at radius 1 is 0.895 bits per heavy atom. The van der Waals surface area contributed by atoms with Crippen LogP contribution in [0.5, 0.6) is 17.2 Å². The predicted octanol–water partition coefficient (Wildman–Crippen LogP) is 4.26. The number of nitrogens with zero attached hydrogens (tertiary/aromatic N) is 2. The maximum Gasteiger partial charge on any atom is 0.332 e. The quantitative estimate of drug-likeness (QED) is 0.401. The molecule has 4 rings (SSSR count). The number of urea groups is 1. The first-order valence-corrected chi connectivity index (χ1v) is 11.9. The van der Waals surface area contributed by atoms with Crippen molar-refractivity contribution < 1.29 is 33.0 Å². The van der Waals surface area contributed by atoms with Crippen molar-refractivity contribution in [1.82, 2.24) is 4.90 Å². The van der Waals surface area contributed by atoms with E-state index in [2.05, 4.69) is 5.32 Å². The fraction of sp³-hybridized carbons (Fsp3) is 0.250. The van der Waals surface area contributed by atoms with E-state index in [0.29, 0.717) is 35.0 Å². The molecular formula is C28H28FN3O6. The zero-order valence-electron chi connectivity index (χ0n) is 21.3. The Balaban J connectivity index is 1.56. The number of nitrogens with one attached hydrogen (secondary N) is 1. The van der Waals surface area contributed by atoms with E-state index in [1.807, 2.05) is 6.07 Å². The lowest BCUT2D eigenvalue weighted by atomic mass is 10.1. The van der Waals surface area contributed by atoms with Crippen LogP contribution >= 0.6 is 0 Å². The van der Waals surface area contributed by atoms with Crippen LogP contribution in [0.1, 0.15) is 12.0 Å². The van der Waals surface area contributed by atoms with Crippen LogP contribution in [-0.2, 0) is 16.0 Å². The van der Waals surface area contributed by atoms with E-state index in [4.69, 9.17) is 14.2 Å². The van der Waals surface area contributed by atoms with Gasteiger partial charge in [0.2, 0.25) is 5.91 Å². The van der Waals surface area contributed by atoms with Crippen LogP contribution in [0.15, 0.2) is 66.7 Å². The molecule has 1 fully saturated rings. The van der Waals surface area contributed by atoms with Crippen LogP contribution in [-0.4, -0.2) is 56.7 Å². The van der Waals surface area contributed by atoms with Crippen LogP contribution in [0.4, 0.5) is 20.6 Å². The minimum Gasteiger partial charge on any atom is -0.497 e. The highest BCUT2D eigenvalue weighted by Crippen LogP contribution is 2.31. The molecular weight excluding hydrogens is 493 g/mol. The number of imide groups is 1. The van der Waals surface area contributed by atoms with Gasteiger partial charge in [-0.2, -0.15) is 0 Å². The van der Waals surface area contributed by atoms with Gasteiger partial charge in [-0.05, 0) is 72.6 Å². The highest BCUT2D eigenvalue weighted by atomic mass is 19.1. The molecule has 0 unspecified atom stereocenters. The molecule has 198 valence electrons. The van der Waals surface area contributed by atoms with Gasteiger partial charge in [0.1, 0.15) is 17.6 Å². The third-order valence-corrected chi connectivity index (χ3v) is 6.25. The molecule has 1 atom stereocenters. The molecule has 0 radical (unpaired) electrons. The van der Waals surface area contributed by atoms with E-state index in [-0.39, 0.29) is 13.0 Å². The lowest BCUT2D eigenvalue weighted by Crippen LogP contribution is -2.39. The highest BCUT2D eigenvalue weighted by molar-refractivity contribution is 6.22. The number of amides is 4. The number of halogens is 1. The van der Waals surface area contributed by atoms with Gasteiger partial charge in [0, 0.05) is 12.2 Å². The highest BCUT2D eigenvalue weighted by Gasteiger charge is 2.46. The zero-order valence-corrected chi connectivity index (χ0v) is 21.3. The first kappa shape index (κ1) is 26.5. The van der Waals surface area contributed by atoms with Crippen molar-refractivity contribution in [3.63, 3.8) is 0 Å². The Morgan fingerprint density at radius 3 is 2.21 bits per heavy atom. The van der Waals surface area contributed by atoms with E-state index < -0.39 is 29.7 Å². The molecule has 38 heavy (non-hydrogen) atoms. The third kappa shape index (κ3) is 5.69. The molecule has 0 spiro atoms.